The minimum atomic E-state index is -0.365. The molecule has 3 aliphatic rings. The number of hydrogen-bond acceptors (Lipinski definition) is 5. The molecule has 0 aromatic heterocycles. The summed E-state index contributed by atoms with van der Waals surface area (Å²) in [6, 6.07) is 13.0. The quantitative estimate of drug-likeness (QED) is 0.844. The maximum absolute atomic E-state index is 13.4. The number of nitrogens with one attached hydrogen (secondary N) is 1. The zero-order chi connectivity index (χ0) is 20.7. The highest BCUT2D eigenvalue weighted by atomic mass is 16.7. The molecule has 0 spiro atoms. The minimum absolute atomic E-state index is 0.118. The monoisotopic (exact) mass is 407 g/mol. The van der Waals surface area contributed by atoms with Crippen LogP contribution in [0, 0.1) is 6.92 Å². The highest BCUT2D eigenvalue weighted by Crippen LogP contribution is 2.34. The Labute approximate surface area is 175 Å². The van der Waals surface area contributed by atoms with Crippen molar-refractivity contribution >= 4 is 11.9 Å². The largest absolute Gasteiger partial charge is 0.454 e. The standard InChI is InChI=1S/C23H25N3O4/c1-15-4-6-16(7-5-15)12-25-18-3-2-10-24-21(18)22(27)26(23(25)28)13-17-8-9-19-20(11-17)30-14-29-19/h4-9,11,18,21,24H,2-3,10,12-14H2,1H3. The van der Waals surface area contributed by atoms with Gasteiger partial charge in [0.2, 0.25) is 12.7 Å². The van der Waals surface area contributed by atoms with Crippen molar-refractivity contribution in [2.75, 3.05) is 13.3 Å². The third kappa shape index (κ3) is 3.39. The molecule has 2 aromatic rings. The fraction of sp³-hybridized carbons (Fsp3) is 0.391. The number of nitrogens with zero attached hydrogens (tertiary/aromatic N) is 2. The number of carbonyl (C=O) groups excluding carboxylic acids is 2. The number of carbonyl (C=O) groups is 2. The summed E-state index contributed by atoms with van der Waals surface area (Å²) in [6.07, 6.45) is 1.78. The van der Waals surface area contributed by atoms with E-state index < -0.39 is 0 Å². The van der Waals surface area contributed by atoms with Crippen LogP contribution in [0.15, 0.2) is 42.5 Å². The van der Waals surface area contributed by atoms with E-state index in [4.69, 9.17) is 9.47 Å². The number of rotatable bonds is 4. The number of benzene rings is 2. The van der Waals surface area contributed by atoms with Gasteiger partial charge in [-0.25, -0.2) is 4.79 Å². The smallest absolute Gasteiger partial charge is 0.327 e. The Balaban J connectivity index is 1.42. The van der Waals surface area contributed by atoms with Gasteiger partial charge in [-0.3, -0.25) is 9.69 Å². The summed E-state index contributed by atoms with van der Waals surface area (Å²) in [5.41, 5.74) is 3.08. The highest BCUT2D eigenvalue weighted by Gasteiger charge is 2.47. The van der Waals surface area contributed by atoms with Crippen LogP contribution in [-0.4, -0.2) is 47.2 Å². The molecule has 2 fully saturated rings. The van der Waals surface area contributed by atoms with E-state index in [1.807, 2.05) is 42.2 Å². The van der Waals surface area contributed by atoms with Crippen LogP contribution in [0.2, 0.25) is 0 Å². The third-order valence-corrected chi connectivity index (χ3v) is 6.09. The van der Waals surface area contributed by atoms with E-state index in [1.165, 1.54) is 10.5 Å². The summed E-state index contributed by atoms with van der Waals surface area (Å²) in [5, 5.41) is 3.34. The average Bonchev–Trinajstić information content (AvgIpc) is 3.23. The van der Waals surface area contributed by atoms with Crippen molar-refractivity contribution in [2.24, 2.45) is 0 Å². The number of fused-ring (bicyclic) bond motifs is 2. The van der Waals surface area contributed by atoms with Gasteiger partial charge in [-0.15, -0.1) is 0 Å². The molecule has 0 saturated carbocycles. The van der Waals surface area contributed by atoms with Crippen LogP contribution in [0.4, 0.5) is 4.79 Å². The fourth-order valence-electron chi connectivity index (χ4n) is 4.46. The van der Waals surface area contributed by atoms with Gasteiger partial charge in [-0.05, 0) is 49.6 Å². The fourth-order valence-corrected chi connectivity index (χ4v) is 4.46. The van der Waals surface area contributed by atoms with Crippen molar-refractivity contribution in [3.63, 3.8) is 0 Å². The molecule has 0 radical (unpaired) electrons. The summed E-state index contributed by atoms with van der Waals surface area (Å²) in [4.78, 5) is 29.9. The topological polar surface area (TPSA) is 71.1 Å². The van der Waals surface area contributed by atoms with Gasteiger partial charge in [-0.2, -0.15) is 0 Å². The number of urea groups is 1. The van der Waals surface area contributed by atoms with Crippen LogP contribution in [0.5, 0.6) is 11.5 Å². The first kappa shape index (κ1) is 18.9. The molecule has 156 valence electrons. The Kier molecular flexibility index (Phi) is 4.83. The Morgan fingerprint density at radius 3 is 2.60 bits per heavy atom. The van der Waals surface area contributed by atoms with E-state index in [0.717, 1.165) is 30.5 Å². The molecule has 0 bridgehead atoms. The van der Waals surface area contributed by atoms with E-state index in [1.54, 1.807) is 0 Å². The summed E-state index contributed by atoms with van der Waals surface area (Å²) in [7, 11) is 0. The van der Waals surface area contributed by atoms with Crippen LogP contribution in [-0.2, 0) is 17.9 Å². The molecular weight excluding hydrogens is 382 g/mol. The predicted molar refractivity (Wildman–Crippen MR) is 110 cm³/mol. The molecule has 2 saturated heterocycles. The Morgan fingerprint density at radius 1 is 1.00 bits per heavy atom. The van der Waals surface area contributed by atoms with Gasteiger partial charge in [0.05, 0.1) is 12.6 Å². The summed E-state index contributed by atoms with van der Waals surface area (Å²) < 4.78 is 10.8. The Hall–Kier alpha value is -3.06. The summed E-state index contributed by atoms with van der Waals surface area (Å²) in [6.45, 7) is 3.73. The first-order valence-electron chi connectivity index (χ1n) is 10.4. The second-order valence-corrected chi connectivity index (χ2v) is 8.15. The second kappa shape index (κ2) is 7.65. The van der Waals surface area contributed by atoms with Crippen molar-refractivity contribution in [3.05, 3.63) is 59.2 Å². The lowest BCUT2D eigenvalue weighted by atomic mass is 9.92. The van der Waals surface area contributed by atoms with E-state index in [9.17, 15) is 9.59 Å². The van der Waals surface area contributed by atoms with Crippen molar-refractivity contribution in [3.8, 4) is 11.5 Å². The van der Waals surface area contributed by atoms with Crippen LogP contribution in [0.3, 0.4) is 0 Å². The molecule has 3 heterocycles. The lowest BCUT2D eigenvalue weighted by Crippen LogP contribution is -2.68. The number of amides is 3. The van der Waals surface area contributed by atoms with Gasteiger partial charge in [0.15, 0.2) is 11.5 Å². The zero-order valence-corrected chi connectivity index (χ0v) is 17.0. The first-order chi connectivity index (χ1) is 14.6. The molecule has 5 rings (SSSR count). The average molecular weight is 407 g/mol. The van der Waals surface area contributed by atoms with E-state index in [0.29, 0.717) is 18.0 Å². The predicted octanol–water partition coefficient (Wildman–Crippen LogP) is 2.81. The Morgan fingerprint density at radius 2 is 1.77 bits per heavy atom. The number of imide groups is 1. The number of piperidine rings is 1. The normalized spacial score (nSPS) is 23.0. The van der Waals surface area contributed by atoms with Crippen molar-refractivity contribution in [2.45, 2.75) is 44.9 Å². The van der Waals surface area contributed by atoms with Gasteiger partial charge < -0.3 is 19.7 Å². The Bertz CT molecular complexity index is 975. The third-order valence-electron chi connectivity index (χ3n) is 6.09. The lowest BCUT2D eigenvalue weighted by Gasteiger charge is -2.47. The van der Waals surface area contributed by atoms with Crippen LogP contribution in [0.25, 0.3) is 0 Å². The maximum atomic E-state index is 13.4. The maximum Gasteiger partial charge on any atom is 0.327 e. The van der Waals surface area contributed by atoms with Gasteiger partial charge in [-0.1, -0.05) is 35.9 Å². The van der Waals surface area contributed by atoms with Crippen molar-refractivity contribution < 1.29 is 19.1 Å². The molecule has 3 amide bonds. The van der Waals surface area contributed by atoms with Crippen molar-refractivity contribution in [1.29, 1.82) is 0 Å². The van der Waals surface area contributed by atoms with Gasteiger partial charge in [0.1, 0.15) is 6.04 Å². The summed E-state index contributed by atoms with van der Waals surface area (Å²) >= 11 is 0. The molecule has 2 atom stereocenters. The van der Waals surface area contributed by atoms with E-state index >= 15 is 0 Å². The molecule has 0 aliphatic carbocycles. The number of ether oxygens (including phenoxy) is 2. The van der Waals surface area contributed by atoms with Gasteiger partial charge >= 0.3 is 6.03 Å². The second-order valence-electron chi connectivity index (χ2n) is 8.15. The summed E-state index contributed by atoms with van der Waals surface area (Å²) in [5.74, 6) is 1.18. The molecule has 2 aromatic carbocycles. The molecule has 2 unspecified atom stereocenters. The van der Waals surface area contributed by atoms with Gasteiger partial charge in [0.25, 0.3) is 0 Å². The molecule has 7 heteroatoms. The molecular formula is C23H25N3O4. The number of hydrogen-bond donors (Lipinski definition) is 1. The van der Waals surface area contributed by atoms with Crippen LogP contribution < -0.4 is 14.8 Å². The molecule has 3 aliphatic heterocycles. The van der Waals surface area contributed by atoms with Gasteiger partial charge in [0, 0.05) is 6.54 Å². The highest BCUT2D eigenvalue weighted by molar-refractivity contribution is 6.00. The molecule has 1 N–H and O–H groups in total. The lowest BCUT2D eigenvalue weighted by molar-refractivity contribution is -0.137. The first-order valence-corrected chi connectivity index (χ1v) is 10.4. The molecule has 30 heavy (non-hydrogen) atoms. The van der Waals surface area contributed by atoms with Crippen molar-refractivity contribution in [1.82, 2.24) is 15.1 Å². The van der Waals surface area contributed by atoms with Crippen LogP contribution in [0.1, 0.15) is 29.5 Å². The molecule has 7 nitrogen and oxygen atoms in total. The SMILES string of the molecule is Cc1ccc(CN2C(=O)N(Cc3ccc4c(c3)OCO4)C(=O)C3NCCCC32)cc1. The van der Waals surface area contributed by atoms with Crippen LogP contribution >= 0.6 is 0 Å². The zero-order valence-electron chi connectivity index (χ0n) is 17.0. The minimum Gasteiger partial charge on any atom is -0.454 e. The van der Waals surface area contributed by atoms with E-state index in [2.05, 4.69) is 17.4 Å². The van der Waals surface area contributed by atoms with E-state index in [-0.39, 0.29) is 37.4 Å². The number of aryl methyl sites for hydroxylation is 1.